The highest BCUT2D eigenvalue weighted by molar-refractivity contribution is 5.87. The van der Waals surface area contributed by atoms with Crippen LogP contribution < -0.4 is 0 Å². The van der Waals surface area contributed by atoms with Gasteiger partial charge in [-0.1, -0.05) is 33.3 Å². The summed E-state index contributed by atoms with van der Waals surface area (Å²) in [5.74, 6) is -0.979. The first-order chi connectivity index (χ1) is 19.3. The van der Waals surface area contributed by atoms with Crippen molar-refractivity contribution >= 4 is 17.9 Å². The zero-order valence-corrected chi connectivity index (χ0v) is 26.9. The van der Waals surface area contributed by atoms with Crippen LogP contribution in [0.3, 0.4) is 0 Å². The normalized spacial score (nSPS) is 50.0. The van der Waals surface area contributed by atoms with Gasteiger partial charge in [-0.15, -0.1) is 0 Å². The Kier molecular flexibility index (Phi) is 6.33. The molecule has 0 radical (unpaired) electrons. The maximum Gasteiger partial charge on any atom is 0.320 e. The molecule has 10 atom stereocenters. The lowest BCUT2D eigenvalue weighted by molar-refractivity contribution is -0.219. The van der Waals surface area contributed by atoms with E-state index in [0.29, 0.717) is 19.3 Å². The number of hydrogen-bond acceptors (Lipinski definition) is 8. The van der Waals surface area contributed by atoms with Gasteiger partial charge in [0.1, 0.15) is 29.3 Å². The number of allylic oxidation sites excluding steroid dienone is 1. The highest BCUT2D eigenvalue weighted by Crippen LogP contribution is 2.77. The third-order valence-electron chi connectivity index (χ3n) is 13.4. The molecule has 42 heavy (non-hydrogen) atoms. The van der Waals surface area contributed by atoms with Crippen molar-refractivity contribution in [1.82, 2.24) is 0 Å². The molecule has 0 aromatic carbocycles. The van der Waals surface area contributed by atoms with Crippen LogP contribution in [-0.4, -0.2) is 58.1 Å². The third-order valence-corrected chi connectivity index (χ3v) is 13.4. The fraction of sp³-hybridized carbons (Fsp3) is 0.853. The maximum atomic E-state index is 14.5. The monoisotopic (exact) mass is 586 g/mol. The van der Waals surface area contributed by atoms with E-state index in [1.165, 1.54) is 19.4 Å². The van der Waals surface area contributed by atoms with E-state index in [9.17, 15) is 19.5 Å². The summed E-state index contributed by atoms with van der Waals surface area (Å²) in [6.07, 6.45) is 6.20. The first-order valence-electron chi connectivity index (χ1n) is 16.0. The van der Waals surface area contributed by atoms with E-state index in [1.54, 1.807) is 0 Å². The fourth-order valence-corrected chi connectivity index (χ4v) is 11.4. The van der Waals surface area contributed by atoms with Gasteiger partial charge >= 0.3 is 17.9 Å². The van der Waals surface area contributed by atoms with Crippen LogP contribution in [0.4, 0.5) is 0 Å². The molecule has 8 nitrogen and oxygen atoms in total. The number of fused-ring (bicyclic) bond motifs is 4. The predicted molar refractivity (Wildman–Crippen MR) is 154 cm³/mol. The lowest BCUT2D eigenvalue weighted by atomic mass is 9.40. The van der Waals surface area contributed by atoms with E-state index < -0.39 is 46.2 Å². The molecule has 2 saturated heterocycles. The van der Waals surface area contributed by atoms with E-state index in [0.717, 1.165) is 32.1 Å². The van der Waals surface area contributed by atoms with Crippen molar-refractivity contribution in [2.24, 2.45) is 33.5 Å². The van der Waals surface area contributed by atoms with E-state index in [2.05, 4.69) is 27.7 Å². The van der Waals surface area contributed by atoms with Crippen molar-refractivity contribution in [3.05, 3.63) is 11.6 Å². The zero-order chi connectivity index (χ0) is 30.9. The minimum atomic E-state index is -1.58. The predicted octanol–water partition coefficient (Wildman–Crippen LogP) is 5.43. The second-order valence-electron chi connectivity index (χ2n) is 16.2. The minimum absolute atomic E-state index is 0.0106. The summed E-state index contributed by atoms with van der Waals surface area (Å²) in [5.41, 5.74) is -4.65. The highest BCUT2D eigenvalue weighted by atomic mass is 16.6. The Morgan fingerprint density at radius 1 is 0.881 bits per heavy atom. The Morgan fingerprint density at radius 3 is 2.14 bits per heavy atom. The molecule has 6 aliphatic rings. The quantitative estimate of drug-likeness (QED) is 0.265. The Bertz CT molecular complexity index is 1250. The number of hydrogen-bond donors (Lipinski definition) is 1. The van der Waals surface area contributed by atoms with Crippen LogP contribution in [0.1, 0.15) is 114 Å². The lowest BCUT2D eigenvalue weighted by Gasteiger charge is -2.64. The molecule has 1 spiro atoms. The van der Waals surface area contributed by atoms with Crippen molar-refractivity contribution in [1.29, 1.82) is 0 Å². The summed E-state index contributed by atoms with van der Waals surface area (Å²) in [7, 11) is 0. The molecule has 5 fully saturated rings. The molecule has 2 aliphatic heterocycles. The SMILES string of the molecule is CC(=O)OC1CCC2(C)C3=CC(OC(C)=O)C45C(=O)OC(C)(C6CCC(C)(C)O6)C4(O)CCC5(C)C3CCC2C1(C)C. The van der Waals surface area contributed by atoms with Crippen LogP contribution in [0.15, 0.2) is 11.6 Å². The third kappa shape index (κ3) is 3.45. The van der Waals surface area contributed by atoms with Gasteiger partial charge in [0, 0.05) is 19.3 Å². The average Bonchev–Trinajstić information content (AvgIpc) is 3.42. The molecule has 234 valence electrons. The van der Waals surface area contributed by atoms with Gasteiger partial charge in [0.2, 0.25) is 0 Å². The number of carbonyl (C=O) groups excluding carboxylic acids is 3. The van der Waals surface area contributed by atoms with E-state index in [1.807, 2.05) is 26.8 Å². The summed E-state index contributed by atoms with van der Waals surface area (Å²) in [6, 6.07) is 0. The van der Waals surface area contributed by atoms with Gasteiger partial charge in [-0.2, -0.15) is 0 Å². The summed E-state index contributed by atoms with van der Waals surface area (Å²) >= 11 is 0. The van der Waals surface area contributed by atoms with Crippen molar-refractivity contribution in [3.8, 4) is 0 Å². The number of rotatable bonds is 3. The highest BCUT2D eigenvalue weighted by Gasteiger charge is 2.88. The standard InChI is InChI=1S/C34H50O8/c1-19(35)39-24-13-15-30(7)22-18-26(40-20(2)36)34-27(37)42-32(9,25-12-14-28(3,4)41-25)33(34,38)17-16-31(34,8)21(22)10-11-23(30)29(24,5)6/h18,21,23-26,38H,10-17H2,1-9H3. The Hall–Kier alpha value is -1.93. The van der Waals surface area contributed by atoms with Gasteiger partial charge in [-0.25, -0.2) is 0 Å². The first kappa shape index (κ1) is 30.1. The van der Waals surface area contributed by atoms with E-state index >= 15 is 0 Å². The minimum Gasteiger partial charge on any atom is -0.462 e. The second kappa shape index (κ2) is 8.83. The topological polar surface area (TPSA) is 108 Å². The first-order valence-corrected chi connectivity index (χ1v) is 16.0. The van der Waals surface area contributed by atoms with Crippen LogP contribution in [0, 0.1) is 33.5 Å². The summed E-state index contributed by atoms with van der Waals surface area (Å²) < 4.78 is 24.7. The molecule has 10 unspecified atom stereocenters. The molecule has 0 amide bonds. The van der Waals surface area contributed by atoms with Crippen LogP contribution >= 0.6 is 0 Å². The molecule has 6 rings (SSSR count). The molecule has 3 saturated carbocycles. The largest absolute Gasteiger partial charge is 0.462 e. The van der Waals surface area contributed by atoms with E-state index in [-0.39, 0.29) is 40.3 Å². The molecular formula is C34H50O8. The Balaban J connectivity index is 1.49. The number of carbonyl (C=O) groups is 3. The Morgan fingerprint density at radius 2 is 1.55 bits per heavy atom. The smallest absolute Gasteiger partial charge is 0.320 e. The molecule has 0 aromatic heterocycles. The maximum absolute atomic E-state index is 14.5. The summed E-state index contributed by atoms with van der Waals surface area (Å²) in [4.78, 5) is 39.2. The second-order valence-corrected chi connectivity index (χ2v) is 16.2. The fourth-order valence-electron chi connectivity index (χ4n) is 11.4. The van der Waals surface area contributed by atoms with Crippen LogP contribution in [0.25, 0.3) is 0 Å². The molecule has 0 aromatic rings. The number of esters is 3. The van der Waals surface area contributed by atoms with Gasteiger partial charge in [-0.05, 0) is 101 Å². The number of ether oxygens (including phenoxy) is 4. The lowest BCUT2D eigenvalue weighted by Crippen LogP contribution is -2.70. The zero-order valence-electron chi connectivity index (χ0n) is 26.9. The average molecular weight is 587 g/mol. The van der Waals surface area contributed by atoms with Gasteiger partial charge in [0.25, 0.3) is 0 Å². The van der Waals surface area contributed by atoms with Crippen molar-refractivity contribution in [3.63, 3.8) is 0 Å². The van der Waals surface area contributed by atoms with Crippen LogP contribution in [-0.2, 0) is 33.3 Å². The van der Waals surface area contributed by atoms with Crippen LogP contribution in [0.5, 0.6) is 0 Å². The molecule has 8 heteroatoms. The number of cyclic esters (lactones) is 1. The molecular weight excluding hydrogens is 536 g/mol. The summed E-state index contributed by atoms with van der Waals surface area (Å²) in [5, 5.41) is 13.0. The summed E-state index contributed by atoms with van der Waals surface area (Å²) in [6.45, 7) is 17.6. The van der Waals surface area contributed by atoms with Gasteiger partial charge in [0.05, 0.1) is 5.60 Å². The molecule has 1 N–H and O–H groups in total. The molecule has 0 bridgehead atoms. The van der Waals surface area contributed by atoms with Crippen molar-refractivity contribution in [2.75, 3.05) is 0 Å². The van der Waals surface area contributed by atoms with Crippen molar-refractivity contribution < 1.29 is 38.4 Å². The molecule has 2 heterocycles. The number of aliphatic hydroxyl groups is 1. The van der Waals surface area contributed by atoms with Crippen LogP contribution in [0.2, 0.25) is 0 Å². The van der Waals surface area contributed by atoms with E-state index in [4.69, 9.17) is 18.9 Å². The van der Waals surface area contributed by atoms with Gasteiger partial charge in [0.15, 0.2) is 5.60 Å². The Labute approximate surface area is 250 Å². The molecule has 4 aliphatic carbocycles. The van der Waals surface area contributed by atoms with Gasteiger partial charge < -0.3 is 24.1 Å². The van der Waals surface area contributed by atoms with Gasteiger partial charge in [-0.3, -0.25) is 14.4 Å². The van der Waals surface area contributed by atoms with Crippen molar-refractivity contribution in [2.45, 2.75) is 149 Å².